The molecule has 3 rings (SSSR count). The predicted octanol–water partition coefficient (Wildman–Crippen LogP) is 1.66. The van der Waals surface area contributed by atoms with E-state index in [-0.39, 0.29) is 23.0 Å². The first-order chi connectivity index (χ1) is 16.7. The molecule has 1 aliphatic rings. The Morgan fingerprint density at radius 2 is 1.80 bits per heavy atom. The van der Waals surface area contributed by atoms with Gasteiger partial charge in [-0.2, -0.15) is 0 Å². The Labute approximate surface area is 200 Å². The van der Waals surface area contributed by atoms with Gasteiger partial charge in [0.2, 0.25) is 11.5 Å². The Kier molecular flexibility index (Phi) is 7.82. The van der Waals surface area contributed by atoms with Crippen molar-refractivity contribution in [2.24, 2.45) is 0 Å². The Balaban J connectivity index is 1.76. The van der Waals surface area contributed by atoms with Crippen molar-refractivity contribution in [3.63, 3.8) is 0 Å². The number of aliphatic hydroxyl groups excluding tert-OH is 1. The summed E-state index contributed by atoms with van der Waals surface area (Å²) in [5, 5.41) is 20.7. The molecular formula is C24H25NO10. The summed E-state index contributed by atoms with van der Waals surface area (Å²) in [6.45, 7) is 0.742. The molecule has 0 saturated carbocycles. The molecule has 1 aliphatic heterocycles. The minimum absolute atomic E-state index is 0.0432. The van der Waals surface area contributed by atoms with Crippen LogP contribution in [0.3, 0.4) is 0 Å². The van der Waals surface area contributed by atoms with Gasteiger partial charge >= 0.3 is 5.97 Å². The highest BCUT2D eigenvalue weighted by Gasteiger charge is 2.29. The summed E-state index contributed by atoms with van der Waals surface area (Å²) in [7, 11) is 4.43. The lowest BCUT2D eigenvalue weighted by atomic mass is 10.1. The number of aliphatic hydroxyl groups is 1. The number of methoxy groups -OCH3 is 3. The van der Waals surface area contributed by atoms with E-state index < -0.39 is 30.6 Å². The topological polar surface area (TPSA) is 150 Å². The van der Waals surface area contributed by atoms with Crippen LogP contribution in [0.1, 0.15) is 22.8 Å². The van der Waals surface area contributed by atoms with Crippen LogP contribution in [-0.2, 0) is 9.59 Å². The molecule has 1 heterocycles. The molecule has 11 heteroatoms. The van der Waals surface area contributed by atoms with Gasteiger partial charge in [0.15, 0.2) is 29.9 Å². The second-order valence-electron chi connectivity index (χ2n) is 7.43. The van der Waals surface area contributed by atoms with Crippen LogP contribution < -0.4 is 29.0 Å². The average Bonchev–Trinajstić information content (AvgIpc) is 3.14. The summed E-state index contributed by atoms with van der Waals surface area (Å²) in [5.41, 5.74) is 0.827. The van der Waals surface area contributed by atoms with Gasteiger partial charge < -0.3 is 39.2 Å². The number of amides is 1. The monoisotopic (exact) mass is 487 g/mol. The quantitative estimate of drug-likeness (QED) is 0.422. The molecule has 186 valence electrons. The Morgan fingerprint density at radius 3 is 2.40 bits per heavy atom. The van der Waals surface area contributed by atoms with E-state index in [0.29, 0.717) is 28.4 Å². The molecule has 0 aromatic heterocycles. The number of hydrogen-bond acceptors (Lipinski definition) is 9. The van der Waals surface area contributed by atoms with Crippen molar-refractivity contribution in [3.8, 4) is 28.7 Å². The van der Waals surface area contributed by atoms with Gasteiger partial charge in [0.05, 0.1) is 33.0 Å². The lowest BCUT2D eigenvalue weighted by molar-refractivity contribution is -0.145. The summed E-state index contributed by atoms with van der Waals surface area (Å²) in [6.07, 6.45) is 0.226. The molecule has 0 radical (unpaired) electrons. The number of hydrogen-bond donors (Lipinski definition) is 3. The maximum atomic E-state index is 12.8. The standard InChI is InChI=1S/C24H25NO10/c1-12(26)20(24(29)30)25-19(27)11-34-14-6-7-15-17(10-14)35-18(21(15)28)9-13-5-8-16(31-2)23(33-4)22(13)32-3/h5-10,12,20,26H,11H2,1-4H3,(H,25,27)(H,29,30). The number of carboxylic acid groups (broad SMARTS) is 1. The van der Waals surface area contributed by atoms with Crippen molar-refractivity contribution in [2.75, 3.05) is 27.9 Å². The average molecular weight is 487 g/mol. The summed E-state index contributed by atoms with van der Waals surface area (Å²) < 4.78 is 27.2. The van der Waals surface area contributed by atoms with Gasteiger partial charge in [-0.1, -0.05) is 0 Å². The summed E-state index contributed by atoms with van der Waals surface area (Å²) in [5.74, 6) is -0.793. The first kappa shape index (κ1) is 25.4. The number of aliphatic carboxylic acids is 1. The SMILES string of the molecule is COc1ccc(C=C2Oc3cc(OCC(=O)NC(C(=O)O)C(C)O)ccc3C2=O)c(OC)c1OC. The van der Waals surface area contributed by atoms with Gasteiger partial charge in [0, 0.05) is 11.6 Å². The second-order valence-corrected chi connectivity index (χ2v) is 7.43. The first-order valence-corrected chi connectivity index (χ1v) is 10.4. The number of fused-ring (bicyclic) bond motifs is 1. The molecule has 2 unspecified atom stereocenters. The third kappa shape index (κ3) is 5.46. The number of Topliss-reactive ketones (excluding diaryl/α,β-unsaturated/α-hetero) is 1. The number of ether oxygens (including phenoxy) is 5. The fourth-order valence-electron chi connectivity index (χ4n) is 3.39. The first-order valence-electron chi connectivity index (χ1n) is 10.4. The molecule has 2 atom stereocenters. The van der Waals surface area contributed by atoms with E-state index in [0.717, 1.165) is 0 Å². The summed E-state index contributed by atoms with van der Waals surface area (Å²) in [6, 6.07) is 6.32. The minimum atomic E-state index is -1.46. The van der Waals surface area contributed by atoms with E-state index in [2.05, 4.69) is 5.32 Å². The highest BCUT2D eigenvalue weighted by atomic mass is 16.5. The van der Waals surface area contributed by atoms with Crippen LogP contribution in [-0.4, -0.2) is 68.0 Å². The summed E-state index contributed by atoms with van der Waals surface area (Å²) >= 11 is 0. The van der Waals surface area contributed by atoms with E-state index in [9.17, 15) is 19.5 Å². The molecule has 0 saturated heterocycles. The molecule has 3 N–H and O–H groups in total. The van der Waals surface area contributed by atoms with Crippen LogP contribution in [0.4, 0.5) is 0 Å². The number of carboxylic acids is 1. The van der Waals surface area contributed by atoms with Crippen molar-refractivity contribution in [1.82, 2.24) is 5.32 Å². The Hall–Kier alpha value is -4.25. The fraction of sp³-hybridized carbons (Fsp3) is 0.292. The smallest absolute Gasteiger partial charge is 0.328 e. The molecule has 11 nitrogen and oxygen atoms in total. The highest BCUT2D eigenvalue weighted by molar-refractivity contribution is 6.14. The Morgan fingerprint density at radius 1 is 1.09 bits per heavy atom. The Bertz CT molecular complexity index is 1170. The minimum Gasteiger partial charge on any atom is -0.493 e. The number of carbonyl (C=O) groups is 3. The molecular weight excluding hydrogens is 462 g/mol. The van der Waals surface area contributed by atoms with Crippen LogP contribution in [0.15, 0.2) is 36.1 Å². The number of ketones is 1. The van der Waals surface area contributed by atoms with Crippen molar-refractivity contribution in [2.45, 2.75) is 19.1 Å². The number of allylic oxidation sites excluding steroid dienone is 1. The van der Waals surface area contributed by atoms with Crippen LogP contribution in [0.25, 0.3) is 6.08 Å². The third-order valence-corrected chi connectivity index (χ3v) is 5.10. The maximum Gasteiger partial charge on any atom is 0.328 e. The fourth-order valence-corrected chi connectivity index (χ4v) is 3.39. The molecule has 0 fully saturated rings. The predicted molar refractivity (Wildman–Crippen MR) is 122 cm³/mol. The number of benzene rings is 2. The number of carbonyl (C=O) groups excluding carboxylic acids is 2. The largest absolute Gasteiger partial charge is 0.493 e. The molecule has 0 bridgehead atoms. The number of nitrogens with one attached hydrogen (secondary N) is 1. The normalized spacial score (nSPS) is 15.0. The lowest BCUT2D eigenvalue weighted by Crippen LogP contribution is -2.49. The molecule has 2 aromatic carbocycles. The van der Waals surface area contributed by atoms with Gasteiger partial charge in [-0.25, -0.2) is 4.79 Å². The van der Waals surface area contributed by atoms with Gasteiger partial charge in [0.25, 0.3) is 5.91 Å². The van der Waals surface area contributed by atoms with Gasteiger partial charge in [-0.05, 0) is 37.3 Å². The molecule has 0 aliphatic carbocycles. The van der Waals surface area contributed by atoms with Gasteiger partial charge in [0.1, 0.15) is 11.5 Å². The lowest BCUT2D eigenvalue weighted by Gasteiger charge is -2.17. The van der Waals surface area contributed by atoms with E-state index >= 15 is 0 Å². The van der Waals surface area contributed by atoms with Crippen molar-refractivity contribution >= 4 is 23.7 Å². The van der Waals surface area contributed by atoms with Crippen LogP contribution >= 0.6 is 0 Å². The summed E-state index contributed by atoms with van der Waals surface area (Å²) in [4.78, 5) is 35.9. The van der Waals surface area contributed by atoms with E-state index in [1.54, 1.807) is 12.1 Å². The zero-order valence-corrected chi connectivity index (χ0v) is 19.5. The van der Waals surface area contributed by atoms with E-state index in [4.69, 9.17) is 28.8 Å². The van der Waals surface area contributed by atoms with Crippen LogP contribution in [0.2, 0.25) is 0 Å². The van der Waals surface area contributed by atoms with Gasteiger partial charge in [-0.15, -0.1) is 0 Å². The highest BCUT2D eigenvalue weighted by Crippen LogP contribution is 2.42. The molecule has 35 heavy (non-hydrogen) atoms. The van der Waals surface area contributed by atoms with Crippen LogP contribution in [0, 0.1) is 0 Å². The zero-order valence-electron chi connectivity index (χ0n) is 19.5. The van der Waals surface area contributed by atoms with Gasteiger partial charge in [-0.3, -0.25) is 9.59 Å². The third-order valence-electron chi connectivity index (χ3n) is 5.10. The number of rotatable bonds is 10. The molecule has 0 spiro atoms. The molecule has 1 amide bonds. The van der Waals surface area contributed by atoms with E-state index in [1.165, 1.54) is 52.5 Å². The zero-order chi connectivity index (χ0) is 25.7. The molecule has 2 aromatic rings. The van der Waals surface area contributed by atoms with E-state index in [1.807, 2.05) is 0 Å². The van der Waals surface area contributed by atoms with Crippen molar-refractivity contribution < 1.29 is 48.3 Å². The second kappa shape index (κ2) is 10.8. The van der Waals surface area contributed by atoms with Crippen molar-refractivity contribution in [1.29, 1.82) is 0 Å². The maximum absolute atomic E-state index is 12.8. The van der Waals surface area contributed by atoms with Crippen LogP contribution in [0.5, 0.6) is 28.7 Å². The van der Waals surface area contributed by atoms with Crippen molar-refractivity contribution in [3.05, 3.63) is 47.2 Å².